The number of pyridine rings is 1. The van der Waals surface area contributed by atoms with E-state index < -0.39 is 11.0 Å². The first-order chi connectivity index (χ1) is 9.90. The third kappa shape index (κ3) is 3.36. The maximum Gasteiger partial charge on any atom is 0.288 e. The molecule has 0 bridgehead atoms. The van der Waals surface area contributed by atoms with E-state index in [9.17, 15) is 20.0 Å². The highest BCUT2D eigenvalue weighted by molar-refractivity contribution is 5.95. The highest BCUT2D eigenvalue weighted by Crippen LogP contribution is 2.23. The number of nitrogens with zero attached hydrogens (tertiary/aromatic N) is 3. The molecular weight excluding hydrogens is 274 g/mol. The molecule has 2 heterocycles. The Bertz CT molecular complexity index is 559. The molecule has 0 radical (unpaired) electrons. The van der Waals surface area contributed by atoms with Crippen LogP contribution in [0.25, 0.3) is 0 Å². The molecule has 1 amide bonds. The van der Waals surface area contributed by atoms with Gasteiger partial charge >= 0.3 is 0 Å². The van der Waals surface area contributed by atoms with Gasteiger partial charge in [-0.3, -0.25) is 19.9 Å². The molecule has 1 aliphatic heterocycles. The quantitative estimate of drug-likeness (QED) is 0.673. The van der Waals surface area contributed by atoms with Crippen molar-refractivity contribution in [2.75, 3.05) is 13.1 Å². The number of aliphatic hydroxyl groups excluding tert-OH is 1. The van der Waals surface area contributed by atoms with Gasteiger partial charge in [-0.2, -0.15) is 0 Å². The van der Waals surface area contributed by atoms with Gasteiger partial charge in [-0.1, -0.05) is 0 Å². The van der Waals surface area contributed by atoms with E-state index >= 15 is 0 Å². The number of aryl methyl sites for hydroxylation is 1. The first-order valence-corrected chi connectivity index (χ1v) is 6.98. The highest BCUT2D eigenvalue weighted by atomic mass is 16.6. The van der Waals surface area contributed by atoms with E-state index in [0.29, 0.717) is 18.8 Å². The molecule has 0 aromatic carbocycles. The molecule has 1 saturated heterocycles. The topological polar surface area (TPSA) is 96.6 Å². The summed E-state index contributed by atoms with van der Waals surface area (Å²) in [6.07, 6.45) is 2.39. The third-order valence-corrected chi connectivity index (χ3v) is 3.94. The monoisotopic (exact) mass is 293 g/mol. The second-order valence-corrected chi connectivity index (χ2v) is 5.48. The molecule has 1 fully saturated rings. The Labute approximate surface area is 122 Å². The van der Waals surface area contributed by atoms with Crippen molar-refractivity contribution >= 4 is 11.6 Å². The molecule has 2 atom stereocenters. The minimum Gasteiger partial charge on any atom is -0.393 e. The van der Waals surface area contributed by atoms with E-state index in [1.807, 2.05) is 0 Å². The number of likely N-dealkylation sites (tertiary alicyclic amines) is 1. The van der Waals surface area contributed by atoms with Crippen molar-refractivity contribution in [3.63, 3.8) is 0 Å². The van der Waals surface area contributed by atoms with Crippen LogP contribution in [0.3, 0.4) is 0 Å². The Morgan fingerprint density at radius 1 is 1.62 bits per heavy atom. The average molecular weight is 293 g/mol. The normalized spacial score (nSPS) is 20.1. The van der Waals surface area contributed by atoms with Crippen molar-refractivity contribution in [3.8, 4) is 0 Å². The molecule has 1 aromatic rings. The van der Waals surface area contributed by atoms with Gasteiger partial charge in [-0.05, 0) is 26.7 Å². The molecule has 0 aliphatic carbocycles. The molecule has 7 nitrogen and oxygen atoms in total. The maximum absolute atomic E-state index is 12.5. The van der Waals surface area contributed by atoms with Crippen LogP contribution in [0.1, 0.15) is 35.8 Å². The molecule has 1 N–H and O–H groups in total. The molecule has 1 aliphatic rings. The molecule has 0 saturated carbocycles. The van der Waals surface area contributed by atoms with Gasteiger partial charge in [0.05, 0.1) is 22.3 Å². The van der Waals surface area contributed by atoms with Gasteiger partial charge in [-0.25, -0.2) is 0 Å². The summed E-state index contributed by atoms with van der Waals surface area (Å²) in [4.78, 5) is 28.4. The van der Waals surface area contributed by atoms with Crippen LogP contribution in [0.5, 0.6) is 0 Å². The molecule has 21 heavy (non-hydrogen) atoms. The molecular formula is C14H19N3O4. The average Bonchev–Trinajstić information content (AvgIpc) is 2.47. The van der Waals surface area contributed by atoms with Crippen molar-refractivity contribution in [3.05, 3.63) is 33.6 Å². The zero-order valence-electron chi connectivity index (χ0n) is 12.2. The van der Waals surface area contributed by atoms with Gasteiger partial charge in [0, 0.05) is 25.1 Å². The van der Waals surface area contributed by atoms with Crippen molar-refractivity contribution in [1.82, 2.24) is 9.88 Å². The number of carbonyl (C=O) groups excluding carboxylic acids is 1. The zero-order valence-corrected chi connectivity index (χ0v) is 12.2. The predicted octanol–water partition coefficient (Wildman–Crippen LogP) is 1.53. The highest BCUT2D eigenvalue weighted by Gasteiger charge is 2.28. The van der Waals surface area contributed by atoms with Crippen LogP contribution in [0.15, 0.2) is 12.3 Å². The largest absolute Gasteiger partial charge is 0.393 e. The molecule has 114 valence electrons. The number of carbonyl (C=O) groups is 1. The van der Waals surface area contributed by atoms with E-state index in [0.717, 1.165) is 19.0 Å². The molecule has 2 unspecified atom stereocenters. The van der Waals surface area contributed by atoms with Crippen LogP contribution in [0, 0.1) is 23.0 Å². The molecule has 2 rings (SSSR count). The summed E-state index contributed by atoms with van der Waals surface area (Å²) in [6, 6.07) is 1.27. The van der Waals surface area contributed by atoms with E-state index in [1.165, 1.54) is 6.07 Å². The van der Waals surface area contributed by atoms with Crippen LogP contribution in [0.4, 0.5) is 5.69 Å². The van der Waals surface area contributed by atoms with Crippen molar-refractivity contribution in [2.24, 2.45) is 5.92 Å². The number of rotatable bonds is 3. The van der Waals surface area contributed by atoms with Gasteiger partial charge in [0.1, 0.15) is 6.20 Å². The van der Waals surface area contributed by atoms with Crippen LogP contribution in [-0.4, -0.2) is 45.0 Å². The number of hydrogen-bond donors (Lipinski definition) is 1. The van der Waals surface area contributed by atoms with E-state index in [-0.39, 0.29) is 23.1 Å². The Kier molecular flexibility index (Phi) is 4.52. The first kappa shape index (κ1) is 15.4. The fourth-order valence-electron chi connectivity index (χ4n) is 2.60. The summed E-state index contributed by atoms with van der Waals surface area (Å²) < 4.78 is 0. The lowest BCUT2D eigenvalue weighted by Gasteiger charge is -2.34. The second-order valence-electron chi connectivity index (χ2n) is 5.48. The van der Waals surface area contributed by atoms with Gasteiger partial charge in [0.2, 0.25) is 0 Å². The summed E-state index contributed by atoms with van der Waals surface area (Å²) >= 11 is 0. The second kappa shape index (κ2) is 6.17. The molecule has 0 spiro atoms. The molecule has 7 heteroatoms. The Morgan fingerprint density at radius 2 is 2.33 bits per heavy atom. The van der Waals surface area contributed by atoms with Crippen molar-refractivity contribution in [2.45, 2.75) is 32.8 Å². The predicted molar refractivity (Wildman–Crippen MR) is 75.9 cm³/mol. The lowest BCUT2D eigenvalue weighted by atomic mass is 9.93. The van der Waals surface area contributed by atoms with Gasteiger partial charge in [0.15, 0.2) is 0 Å². The Morgan fingerprint density at radius 3 is 2.95 bits per heavy atom. The number of aromatic nitrogens is 1. The lowest BCUT2D eigenvalue weighted by molar-refractivity contribution is -0.385. The minimum absolute atomic E-state index is 0.0506. The summed E-state index contributed by atoms with van der Waals surface area (Å²) in [5.74, 6) is -0.205. The van der Waals surface area contributed by atoms with Crippen LogP contribution >= 0.6 is 0 Å². The van der Waals surface area contributed by atoms with E-state index in [4.69, 9.17) is 0 Å². The van der Waals surface area contributed by atoms with Crippen molar-refractivity contribution in [1.29, 1.82) is 0 Å². The fourth-order valence-corrected chi connectivity index (χ4v) is 2.60. The number of amides is 1. The third-order valence-electron chi connectivity index (χ3n) is 3.94. The first-order valence-electron chi connectivity index (χ1n) is 6.98. The lowest BCUT2D eigenvalue weighted by Crippen LogP contribution is -2.43. The Hall–Kier alpha value is -2.02. The zero-order chi connectivity index (χ0) is 15.6. The van der Waals surface area contributed by atoms with Gasteiger partial charge in [0.25, 0.3) is 11.6 Å². The maximum atomic E-state index is 12.5. The van der Waals surface area contributed by atoms with Crippen LogP contribution < -0.4 is 0 Å². The number of nitro groups is 1. The minimum atomic E-state index is -0.558. The standard InChI is InChI=1S/C14H19N3O4/c1-9-13(6-12(7-15-9)17(20)21)14(19)16-5-3-4-11(8-16)10(2)18/h6-7,10-11,18H,3-5,8H2,1-2H3. The van der Waals surface area contributed by atoms with Crippen molar-refractivity contribution < 1.29 is 14.8 Å². The number of hydrogen-bond acceptors (Lipinski definition) is 5. The number of aliphatic hydroxyl groups is 1. The Balaban J connectivity index is 2.23. The number of piperidine rings is 1. The smallest absolute Gasteiger partial charge is 0.288 e. The summed E-state index contributed by atoms with van der Waals surface area (Å²) in [6.45, 7) is 4.45. The summed E-state index contributed by atoms with van der Waals surface area (Å²) in [5, 5.41) is 20.5. The van der Waals surface area contributed by atoms with E-state index in [2.05, 4.69) is 4.98 Å². The molecule has 1 aromatic heterocycles. The van der Waals surface area contributed by atoms with Gasteiger partial charge in [-0.15, -0.1) is 0 Å². The van der Waals surface area contributed by atoms with Crippen LogP contribution in [0.2, 0.25) is 0 Å². The SMILES string of the molecule is Cc1ncc([N+](=O)[O-])cc1C(=O)N1CCCC(C(C)O)C1. The fraction of sp³-hybridized carbons (Fsp3) is 0.571. The van der Waals surface area contributed by atoms with Gasteiger partial charge < -0.3 is 10.0 Å². The summed E-state index contributed by atoms with van der Waals surface area (Å²) in [5.41, 5.74) is 0.549. The van der Waals surface area contributed by atoms with Crippen LogP contribution in [-0.2, 0) is 0 Å². The van der Waals surface area contributed by atoms with E-state index in [1.54, 1.807) is 18.7 Å². The summed E-state index contributed by atoms with van der Waals surface area (Å²) in [7, 11) is 0.